The fourth-order valence-electron chi connectivity index (χ4n) is 2.88. The van der Waals surface area contributed by atoms with Crippen LogP contribution in [0.3, 0.4) is 0 Å². The molecule has 0 amide bonds. The molecule has 1 unspecified atom stereocenters. The fourth-order valence-corrected chi connectivity index (χ4v) is 2.88. The maximum Gasteiger partial charge on any atom is 0.330 e. The number of esters is 1. The first kappa shape index (κ1) is 15.9. The first-order valence-electron chi connectivity index (χ1n) is 7.38. The van der Waals surface area contributed by atoms with Crippen molar-refractivity contribution in [2.24, 2.45) is 0 Å². The molecule has 21 heavy (non-hydrogen) atoms. The van der Waals surface area contributed by atoms with Gasteiger partial charge in [0.25, 0.3) is 0 Å². The van der Waals surface area contributed by atoms with Crippen molar-refractivity contribution in [3.8, 4) is 0 Å². The summed E-state index contributed by atoms with van der Waals surface area (Å²) >= 11 is 0. The lowest BCUT2D eigenvalue weighted by Gasteiger charge is -2.32. The summed E-state index contributed by atoms with van der Waals surface area (Å²) in [4.78, 5) is 12.3. The van der Waals surface area contributed by atoms with E-state index in [9.17, 15) is 13.6 Å². The number of hydrogen-bond acceptors (Lipinski definition) is 3. The highest BCUT2D eigenvalue weighted by Gasteiger charge is 2.41. The van der Waals surface area contributed by atoms with Crippen molar-refractivity contribution in [2.45, 2.75) is 51.1 Å². The molecule has 1 aromatic rings. The number of nitrogens with one attached hydrogen (secondary N) is 1. The Balaban J connectivity index is 2.38. The Labute approximate surface area is 123 Å². The van der Waals surface area contributed by atoms with Crippen LogP contribution in [0, 0.1) is 11.6 Å². The molecule has 0 bridgehead atoms. The highest BCUT2D eigenvalue weighted by Crippen LogP contribution is 2.30. The van der Waals surface area contributed by atoms with Gasteiger partial charge in [0.15, 0.2) is 0 Å². The minimum atomic E-state index is -1.38. The molecule has 1 fully saturated rings. The van der Waals surface area contributed by atoms with Crippen molar-refractivity contribution >= 4 is 5.97 Å². The van der Waals surface area contributed by atoms with Gasteiger partial charge in [0.05, 0.1) is 6.61 Å². The van der Waals surface area contributed by atoms with Gasteiger partial charge in [0.1, 0.15) is 17.2 Å². The van der Waals surface area contributed by atoms with Crippen LogP contribution in [0.1, 0.15) is 45.1 Å². The summed E-state index contributed by atoms with van der Waals surface area (Å²) in [6.07, 6.45) is 3.99. The summed E-state index contributed by atoms with van der Waals surface area (Å²) in [6, 6.07) is 3.26. The maximum absolute atomic E-state index is 14.1. The maximum atomic E-state index is 14.1. The van der Waals surface area contributed by atoms with Crippen LogP contribution in [-0.2, 0) is 15.1 Å². The molecule has 1 saturated carbocycles. The zero-order valence-corrected chi connectivity index (χ0v) is 12.4. The highest BCUT2D eigenvalue weighted by atomic mass is 19.1. The molecular formula is C16H21F2NO2. The largest absolute Gasteiger partial charge is 0.464 e. The summed E-state index contributed by atoms with van der Waals surface area (Å²) in [6.45, 7) is 3.44. The van der Waals surface area contributed by atoms with Crippen LogP contribution >= 0.6 is 0 Å². The van der Waals surface area contributed by atoms with Crippen molar-refractivity contribution in [2.75, 3.05) is 6.61 Å². The molecule has 1 aliphatic rings. The molecule has 0 aromatic heterocycles. The number of rotatable bonds is 5. The van der Waals surface area contributed by atoms with Gasteiger partial charge in [-0.1, -0.05) is 12.8 Å². The minimum Gasteiger partial charge on any atom is -0.464 e. The van der Waals surface area contributed by atoms with Crippen molar-refractivity contribution in [3.63, 3.8) is 0 Å². The predicted octanol–water partition coefficient (Wildman–Crippen LogP) is 3.28. The lowest BCUT2D eigenvalue weighted by molar-refractivity contribution is -0.151. The van der Waals surface area contributed by atoms with E-state index in [0.29, 0.717) is 0 Å². The second kappa shape index (κ2) is 6.52. The van der Waals surface area contributed by atoms with Crippen molar-refractivity contribution in [1.82, 2.24) is 5.32 Å². The van der Waals surface area contributed by atoms with Crippen molar-refractivity contribution < 1.29 is 18.3 Å². The smallest absolute Gasteiger partial charge is 0.330 e. The van der Waals surface area contributed by atoms with E-state index in [1.807, 2.05) is 0 Å². The van der Waals surface area contributed by atoms with Crippen molar-refractivity contribution in [3.05, 3.63) is 35.4 Å². The van der Waals surface area contributed by atoms with Crippen LogP contribution in [0.2, 0.25) is 0 Å². The van der Waals surface area contributed by atoms with Gasteiger partial charge in [-0.15, -0.1) is 0 Å². The molecule has 0 spiro atoms. The lowest BCUT2D eigenvalue weighted by atomic mass is 9.90. The average molecular weight is 297 g/mol. The Morgan fingerprint density at radius 3 is 2.67 bits per heavy atom. The van der Waals surface area contributed by atoms with Gasteiger partial charge < -0.3 is 4.74 Å². The summed E-state index contributed by atoms with van der Waals surface area (Å²) in [5, 5.41) is 3.18. The molecule has 116 valence electrons. The average Bonchev–Trinajstić information content (AvgIpc) is 2.94. The van der Waals surface area contributed by atoms with E-state index in [1.54, 1.807) is 13.8 Å². The van der Waals surface area contributed by atoms with Crippen LogP contribution in [-0.4, -0.2) is 18.6 Å². The van der Waals surface area contributed by atoms with Gasteiger partial charge >= 0.3 is 5.97 Å². The normalized spacial score (nSPS) is 18.5. The van der Waals surface area contributed by atoms with E-state index >= 15 is 0 Å². The fraction of sp³-hybridized carbons (Fsp3) is 0.562. The molecule has 1 aliphatic carbocycles. The number of benzene rings is 1. The third-order valence-electron chi connectivity index (χ3n) is 4.00. The Hall–Kier alpha value is -1.49. The summed E-state index contributed by atoms with van der Waals surface area (Å²) in [5.41, 5.74) is -1.38. The molecule has 5 heteroatoms. The summed E-state index contributed by atoms with van der Waals surface area (Å²) in [5.74, 6) is -1.77. The van der Waals surface area contributed by atoms with Crippen LogP contribution in [0.4, 0.5) is 8.78 Å². The van der Waals surface area contributed by atoms with E-state index in [0.717, 1.165) is 43.9 Å². The number of hydrogen-bond donors (Lipinski definition) is 1. The quantitative estimate of drug-likeness (QED) is 0.848. The first-order valence-corrected chi connectivity index (χ1v) is 7.38. The molecule has 1 N–H and O–H groups in total. The monoisotopic (exact) mass is 297 g/mol. The third kappa shape index (κ3) is 3.40. The van der Waals surface area contributed by atoms with Crippen LogP contribution < -0.4 is 5.32 Å². The molecule has 0 aliphatic heterocycles. The summed E-state index contributed by atoms with van der Waals surface area (Å²) < 4.78 is 32.7. The highest BCUT2D eigenvalue weighted by molar-refractivity contribution is 5.82. The van der Waals surface area contributed by atoms with Crippen LogP contribution in [0.5, 0.6) is 0 Å². The third-order valence-corrected chi connectivity index (χ3v) is 4.00. The van der Waals surface area contributed by atoms with Gasteiger partial charge in [0.2, 0.25) is 0 Å². The van der Waals surface area contributed by atoms with E-state index in [-0.39, 0.29) is 18.2 Å². The molecule has 0 heterocycles. The molecular weight excluding hydrogens is 276 g/mol. The molecule has 0 saturated heterocycles. The standard InChI is InChI=1S/C16H21F2NO2/c1-3-21-15(20)16(2,19-12-6-4-5-7-12)13-10-11(17)8-9-14(13)18/h8-10,12,19H,3-7H2,1-2H3. The zero-order chi connectivity index (χ0) is 15.5. The van der Waals surface area contributed by atoms with Crippen molar-refractivity contribution in [1.29, 1.82) is 0 Å². The molecule has 2 rings (SSSR count). The Morgan fingerprint density at radius 1 is 1.38 bits per heavy atom. The molecule has 0 radical (unpaired) electrons. The van der Waals surface area contributed by atoms with Gasteiger partial charge in [-0.3, -0.25) is 5.32 Å². The Kier molecular flexibility index (Phi) is 4.93. The van der Waals surface area contributed by atoms with Gasteiger partial charge in [-0.25, -0.2) is 13.6 Å². The van der Waals surface area contributed by atoms with Gasteiger partial charge in [0, 0.05) is 11.6 Å². The van der Waals surface area contributed by atoms with Crippen LogP contribution in [0.25, 0.3) is 0 Å². The Bertz CT molecular complexity index is 515. The SMILES string of the molecule is CCOC(=O)C(C)(NC1CCCC1)c1cc(F)ccc1F. The number of carbonyl (C=O) groups excluding carboxylic acids is 1. The second-order valence-corrected chi connectivity index (χ2v) is 5.60. The lowest BCUT2D eigenvalue weighted by Crippen LogP contribution is -2.52. The molecule has 3 nitrogen and oxygen atoms in total. The molecule has 1 atom stereocenters. The minimum absolute atomic E-state index is 0.00662. The summed E-state index contributed by atoms with van der Waals surface area (Å²) in [7, 11) is 0. The number of carbonyl (C=O) groups is 1. The number of ether oxygens (including phenoxy) is 1. The van der Waals surface area contributed by atoms with E-state index in [4.69, 9.17) is 4.74 Å². The second-order valence-electron chi connectivity index (χ2n) is 5.60. The first-order chi connectivity index (χ1) is 9.97. The zero-order valence-electron chi connectivity index (χ0n) is 12.4. The van der Waals surface area contributed by atoms with Gasteiger partial charge in [-0.05, 0) is 44.9 Å². The predicted molar refractivity (Wildman–Crippen MR) is 75.7 cm³/mol. The van der Waals surface area contributed by atoms with Gasteiger partial charge in [-0.2, -0.15) is 0 Å². The van der Waals surface area contributed by atoms with E-state index in [1.165, 1.54) is 0 Å². The van der Waals surface area contributed by atoms with E-state index < -0.39 is 23.1 Å². The van der Waals surface area contributed by atoms with Crippen LogP contribution in [0.15, 0.2) is 18.2 Å². The van der Waals surface area contributed by atoms with E-state index in [2.05, 4.69) is 5.32 Å². The molecule has 1 aromatic carbocycles. The Morgan fingerprint density at radius 2 is 2.05 bits per heavy atom. The topological polar surface area (TPSA) is 38.3 Å². The number of halogens is 2.